The van der Waals surface area contributed by atoms with E-state index in [1.54, 1.807) is 0 Å². The van der Waals surface area contributed by atoms with E-state index in [0.29, 0.717) is 0 Å². The first-order valence-electron chi connectivity index (χ1n) is 12.8. The minimum Gasteiger partial charge on any atom is -0.340 e. The van der Waals surface area contributed by atoms with Gasteiger partial charge in [-0.15, -0.1) is 35.9 Å². The molecule has 1 aromatic heterocycles. The van der Waals surface area contributed by atoms with Gasteiger partial charge in [0, 0.05) is 55.2 Å². The molecule has 0 aliphatic rings. The van der Waals surface area contributed by atoms with Gasteiger partial charge in [-0.1, -0.05) is 48.5 Å². The van der Waals surface area contributed by atoms with Crippen LogP contribution in [0, 0.1) is 19.9 Å². The second-order valence-electron chi connectivity index (χ2n) is 9.41. The number of para-hydroxylation sites is 2. The molecule has 3 nitrogen and oxygen atoms in total. The number of aryl methyl sites for hydroxylation is 2. The third-order valence-electron chi connectivity index (χ3n) is 6.79. The topological polar surface area (TPSA) is 21.1 Å². The Hall–Kier alpha value is -4.24. The third kappa shape index (κ3) is 5.35. The summed E-state index contributed by atoms with van der Waals surface area (Å²) in [4.78, 5) is 6.94. The number of hydrogen-bond donors (Lipinski definition) is 0. The van der Waals surface area contributed by atoms with Crippen molar-refractivity contribution >= 4 is 17.1 Å². The molecule has 1 heterocycles. The molecule has 193 valence electrons. The summed E-state index contributed by atoms with van der Waals surface area (Å²) >= 11 is 0. The Morgan fingerprint density at radius 1 is 0.641 bits per heavy atom. The van der Waals surface area contributed by atoms with E-state index < -0.39 is 0 Å². The largest absolute Gasteiger partial charge is 0.340 e. The van der Waals surface area contributed by atoms with Crippen LogP contribution in [0.1, 0.15) is 11.1 Å². The molecule has 0 saturated heterocycles. The zero-order valence-electron chi connectivity index (χ0n) is 21.9. The van der Waals surface area contributed by atoms with Crippen LogP contribution in [-0.2, 0) is 20.1 Å². The predicted octanol–water partition coefficient (Wildman–Crippen LogP) is 9.09. The van der Waals surface area contributed by atoms with Crippen molar-refractivity contribution in [3.8, 4) is 28.2 Å². The number of aromatic nitrogens is 2. The van der Waals surface area contributed by atoms with Crippen LogP contribution in [0.2, 0.25) is 0 Å². The molecular formula is C35H28IrN3-. The van der Waals surface area contributed by atoms with E-state index in [9.17, 15) is 0 Å². The fourth-order valence-electron chi connectivity index (χ4n) is 5.14. The Balaban J connectivity index is 0.00000308. The molecule has 0 amide bonds. The standard InChI is InChI=1S/C35H28N3.Ir/c1-26-23-30(24-27(2)34(26)37-22-21-36-35(37)28-13-6-3-7-14-28)29-15-12-20-33(25-29)38(31-16-8-4-9-17-31)32-18-10-5-11-19-32;/h3-13,15-25H,1-2H3;/q-1;. The molecule has 0 aliphatic carbocycles. The Labute approximate surface area is 243 Å². The monoisotopic (exact) mass is 683 g/mol. The summed E-state index contributed by atoms with van der Waals surface area (Å²) in [5, 5.41) is 0. The summed E-state index contributed by atoms with van der Waals surface area (Å²) in [5.41, 5.74) is 10.3. The summed E-state index contributed by atoms with van der Waals surface area (Å²) in [5.74, 6) is 0.896. The molecule has 0 fully saturated rings. The minimum atomic E-state index is 0. The Bertz CT molecular complexity index is 1610. The van der Waals surface area contributed by atoms with Crippen LogP contribution in [0.3, 0.4) is 0 Å². The molecule has 39 heavy (non-hydrogen) atoms. The van der Waals surface area contributed by atoms with E-state index in [1.165, 1.54) is 22.3 Å². The summed E-state index contributed by atoms with van der Waals surface area (Å²) < 4.78 is 2.17. The SMILES string of the molecule is Cc1cc(-c2cccc(N(c3ccccc3)c3ccccc3)c2)cc(C)c1-n1ccnc1-c1[c-]cccc1.[Ir]. The van der Waals surface area contributed by atoms with Crippen molar-refractivity contribution in [3.05, 3.63) is 151 Å². The van der Waals surface area contributed by atoms with Gasteiger partial charge in [0.2, 0.25) is 0 Å². The number of nitrogens with zero attached hydrogens (tertiary/aromatic N) is 3. The van der Waals surface area contributed by atoms with Crippen LogP contribution >= 0.6 is 0 Å². The van der Waals surface area contributed by atoms with Crippen molar-refractivity contribution in [2.45, 2.75) is 13.8 Å². The first kappa shape index (κ1) is 26.4. The van der Waals surface area contributed by atoms with Gasteiger partial charge in [-0.05, 0) is 84.6 Å². The molecule has 0 aliphatic heterocycles. The van der Waals surface area contributed by atoms with Gasteiger partial charge in [0.05, 0.1) is 5.82 Å². The van der Waals surface area contributed by atoms with Crippen molar-refractivity contribution < 1.29 is 20.1 Å². The van der Waals surface area contributed by atoms with Crippen molar-refractivity contribution in [2.75, 3.05) is 4.90 Å². The van der Waals surface area contributed by atoms with Gasteiger partial charge in [-0.2, -0.15) is 0 Å². The minimum absolute atomic E-state index is 0. The van der Waals surface area contributed by atoms with E-state index in [1.807, 2.05) is 30.6 Å². The van der Waals surface area contributed by atoms with Crippen LogP contribution < -0.4 is 4.90 Å². The molecule has 0 unspecified atom stereocenters. The molecule has 4 heteroatoms. The van der Waals surface area contributed by atoms with Crippen molar-refractivity contribution in [3.63, 3.8) is 0 Å². The molecule has 5 aromatic carbocycles. The number of anilines is 3. The zero-order chi connectivity index (χ0) is 25.9. The summed E-state index contributed by atoms with van der Waals surface area (Å²) in [6.07, 6.45) is 3.89. The average Bonchev–Trinajstić information content (AvgIpc) is 3.44. The maximum absolute atomic E-state index is 4.64. The molecule has 0 atom stereocenters. The van der Waals surface area contributed by atoms with Gasteiger partial charge in [0.25, 0.3) is 0 Å². The van der Waals surface area contributed by atoms with Gasteiger partial charge >= 0.3 is 0 Å². The zero-order valence-corrected chi connectivity index (χ0v) is 24.3. The number of benzene rings is 5. The van der Waals surface area contributed by atoms with E-state index in [2.05, 4.69) is 137 Å². The van der Waals surface area contributed by atoms with Crippen molar-refractivity contribution in [1.29, 1.82) is 0 Å². The van der Waals surface area contributed by atoms with Crippen LogP contribution in [0.5, 0.6) is 0 Å². The normalized spacial score (nSPS) is 10.6. The summed E-state index contributed by atoms with van der Waals surface area (Å²) in [6, 6.07) is 45.6. The molecule has 0 bridgehead atoms. The van der Waals surface area contributed by atoms with Crippen LogP contribution in [-0.4, -0.2) is 9.55 Å². The fourth-order valence-corrected chi connectivity index (χ4v) is 5.14. The van der Waals surface area contributed by atoms with Crippen LogP contribution in [0.4, 0.5) is 17.1 Å². The van der Waals surface area contributed by atoms with Crippen molar-refractivity contribution in [1.82, 2.24) is 9.55 Å². The number of rotatable bonds is 6. The molecule has 6 aromatic rings. The molecule has 0 spiro atoms. The van der Waals surface area contributed by atoms with Gasteiger partial charge in [0.1, 0.15) is 0 Å². The summed E-state index contributed by atoms with van der Waals surface area (Å²) in [6.45, 7) is 4.35. The quantitative estimate of drug-likeness (QED) is 0.164. The van der Waals surface area contributed by atoms with Crippen LogP contribution in [0.25, 0.3) is 28.2 Å². The van der Waals surface area contributed by atoms with Gasteiger partial charge in [-0.25, -0.2) is 0 Å². The Morgan fingerprint density at radius 2 is 1.26 bits per heavy atom. The maximum atomic E-state index is 4.64. The second-order valence-corrected chi connectivity index (χ2v) is 9.41. The summed E-state index contributed by atoms with van der Waals surface area (Å²) in [7, 11) is 0. The Kier molecular flexibility index (Phi) is 7.88. The second kappa shape index (κ2) is 11.7. The molecule has 0 saturated carbocycles. The van der Waals surface area contributed by atoms with Crippen molar-refractivity contribution in [2.24, 2.45) is 0 Å². The Morgan fingerprint density at radius 3 is 1.87 bits per heavy atom. The van der Waals surface area contributed by atoms with Crippen LogP contribution in [0.15, 0.2) is 134 Å². The predicted molar refractivity (Wildman–Crippen MR) is 157 cm³/mol. The van der Waals surface area contributed by atoms with E-state index in [0.717, 1.165) is 34.1 Å². The van der Waals surface area contributed by atoms with E-state index >= 15 is 0 Å². The molecule has 6 rings (SSSR count). The fraction of sp³-hybridized carbons (Fsp3) is 0.0571. The molecule has 0 N–H and O–H groups in total. The number of imidazole rings is 1. The molecular weight excluding hydrogens is 655 g/mol. The van der Waals surface area contributed by atoms with Gasteiger partial charge in [-0.3, -0.25) is 4.98 Å². The van der Waals surface area contributed by atoms with E-state index in [4.69, 9.17) is 0 Å². The van der Waals surface area contributed by atoms with Gasteiger partial charge < -0.3 is 9.47 Å². The first-order valence-corrected chi connectivity index (χ1v) is 12.8. The molecule has 1 radical (unpaired) electrons. The number of hydrogen-bond acceptors (Lipinski definition) is 2. The van der Waals surface area contributed by atoms with E-state index in [-0.39, 0.29) is 20.1 Å². The van der Waals surface area contributed by atoms with Gasteiger partial charge in [0.15, 0.2) is 0 Å². The first-order chi connectivity index (χ1) is 18.7. The maximum Gasteiger partial charge on any atom is 0.0602 e. The third-order valence-corrected chi connectivity index (χ3v) is 6.79. The average molecular weight is 683 g/mol. The smallest absolute Gasteiger partial charge is 0.0602 e.